The number of rotatable bonds is 3. The van der Waals surface area contributed by atoms with Crippen molar-refractivity contribution >= 4 is 27.7 Å². The standard InChI is InChI=1S/C13H17BrN4O2/c1-7-11(14)9(17(2)16-7)5-18-6-10(19)15-12(13(18)20)8-3-4-8/h8,12H,3-6H2,1-2H3,(H,15,19). The van der Waals surface area contributed by atoms with Crippen molar-refractivity contribution in [3.05, 3.63) is 15.9 Å². The molecule has 2 fully saturated rings. The summed E-state index contributed by atoms with van der Waals surface area (Å²) in [5.74, 6) is 0.278. The highest BCUT2D eigenvalue weighted by molar-refractivity contribution is 9.10. The van der Waals surface area contributed by atoms with Crippen molar-refractivity contribution in [1.82, 2.24) is 20.0 Å². The van der Waals surface area contributed by atoms with Crippen molar-refractivity contribution in [2.45, 2.75) is 32.4 Å². The molecule has 2 heterocycles. The number of nitrogens with zero attached hydrogens (tertiary/aromatic N) is 3. The number of amides is 2. The van der Waals surface area contributed by atoms with E-state index in [1.54, 1.807) is 9.58 Å². The van der Waals surface area contributed by atoms with E-state index in [-0.39, 0.29) is 24.4 Å². The topological polar surface area (TPSA) is 67.2 Å². The van der Waals surface area contributed by atoms with Crippen molar-refractivity contribution in [3.8, 4) is 0 Å². The average molecular weight is 341 g/mol. The number of carbonyl (C=O) groups is 2. The molecule has 20 heavy (non-hydrogen) atoms. The SMILES string of the molecule is Cc1nn(C)c(CN2CC(=O)NC(C3CC3)C2=O)c1Br. The van der Waals surface area contributed by atoms with Crippen molar-refractivity contribution < 1.29 is 9.59 Å². The number of halogens is 1. The van der Waals surface area contributed by atoms with Crippen LogP contribution < -0.4 is 5.32 Å². The maximum absolute atomic E-state index is 12.5. The number of piperazine rings is 1. The molecular formula is C13H17BrN4O2. The molecular weight excluding hydrogens is 324 g/mol. The third kappa shape index (κ3) is 2.34. The van der Waals surface area contributed by atoms with Crippen LogP contribution in [0.25, 0.3) is 0 Å². The van der Waals surface area contributed by atoms with Gasteiger partial charge < -0.3 is 10.2 Å². The lowest BCUT2D eigenvalue weighted by Gasteiger charge is -2.32. The molecule has 0 aromatic carbocycles. The van der Waals surface area contributed by atoms with Crippen LogP contribution in [0, 0.1) is 12.8 Å². The fourth-order valence-corrected chi connectivity index (χ4v) is 3.11. The van der Waals surface area contributed by atoms with E-state index in [4.69, 9.17) is 0 Å². The van der Waals surface area contributed by atoms with E-state index in [2.05, 4.69) is 26.3 Å². The predicted octanol–water partition coefficient (Wildman–Crippen LogP) is 0.728. The lowest BCUT2D eigenvalue weighted by Crippen LogP contribution is -2.58. The predicted molar refractivity (Wildman–Crippen MR) is 75.7 cm³/mol. The Balaban J connectivity index is 1.81. The smallest absolute Gasteiger partial charge is 0.246 e. The third-order valence-corrected chi connectivity index (χ3v) is 4.96. The fourth-order valence-electron chi connectivity index (χ4n) is 2.64. The lowest BCUT2D eigenvalue weighted by molar-refractivity contribution is -0.145. The van der Waals surface area contributed by atoms with Crippen LogP contribution in [0.4, 0.5) is 0 Å². The molecule has 0 radical (unpaired) electrons. The summed E-state index contributed by atoms with van der Waals surface area (Å²) in [7, 11) is 1.85. The van der Waals surface area contributed by atoms with E-state index in [0.717, 1.165) is 28.7 Å². The second kappa shape index (κ2) is 4.87. The highest BCUT2D eigenvalue weighted by Crippen LogP contribution is 2.34. The third-order valence-electron chi connectivity index (χ3n) is 3.92. The molecule has 1 aromatic heterocycles. The van der Waals surface area contributed by atoms with E-state index in [1.807, 2.05) is 14.0 Å². The fraction of sp³-hybridized carbons (Fsp3) is 0.615. The Hall–Kier alpha value is -1.37. The molecule has 3 rings (SSSR count). The minimum Gasteiger partial charge on any atom is -0.342 e. The van der Waals surface area contributed by atoms with Crippen LogP contribution in [0.5, 0.6) is 0 Å². The number of aryl methyl sites for hydroxylation is 2. The Kier molecular flexibility index (Phi) is 3.32. The minimum absolute atomic E-state index is 0.0258. The van der Waals surface area contributed by atoms with Gasteiger partial charge in [-0.15, -0.1) is 0 Å². The second-order valence-electron chi connectivity index (χ2n) is 5.55. The van der Waals surface area contributed by atoms with Gasteiger partial charge in [-0.05, 0) is 41.6 Å². The van der Waals surface area contributed by atoms with Crippen LogP contribution in [0.15, 0.2) is 4.47 Å². The molecule has 2 amide bonds. The maximum atomic E-state index is 12.5. The Morgan fingerprint density at radius 2 is 2.10 bits per heavy atom. The molecule has 1 aliphatic carbocycles. The van der Waals surface area contributed by atoms with Crippen LogP contribution in [0.1, 0.15) is 24.2 Å². The first-order valence-electron chi connectivity index (χ1n) is 6.73. The molecule has 6 nitrogen and oxygen atoms in total. The Labute approximate surface area is 125 Å². The summed E-state index contributed by atoms with van der Waals surface area (Å²) in [6, 6.07) is -0.329. The first-order chi connectivity index (χ1) is 9.47. The van der Waals surface area contributed by atoms with E-state index < -0.39 is 0 Å². The number of carbonyl (C=O) groups excluding carboxylic acids is 2. The summed E-state index contributed by atoms with van der Waals surface area (Å²) in [5, 5.41) is 7.13. The van der Waals surface area contributed by atoms with Gasteiger partial charge in [-0.2, -0.15) is 5.10 Å². The Morgan fingerprint density at radius 1 is 1.40 bits per heavy atom. The number of aromatic nitrogens is 2. The van der Waals surface area contributed by atoms with E-state index in [9.17, 15) is 9.59 Å². The first-order valence-corrected chi connectivity index (χ1v) is 7.53. The van der Waals surface area contributed by atoms with Gasteiger partial charge in [0.05, 0.1) is 22.4 Å². The highest BCUT2D eigenvalue weighted by Gasteiger charge is 2.42. The molecule has 1 saturated heterocycles. The zero-order valence-corrected chi connectivity index (χ0v) is 13.1. The zero-order valence-electron chi connectivity index (χ0n) is 11.5. The largest absolute Gasteiger partial charge is 0.342 e. The Bertz CT molecular complexity index is 579. The van der Waals surface area contributed by atoms with Gasteiger partial charge in [0.2, 0.25) is 11.8 Å². The van der Waals surface area contributed by atoms with Crippen LogP contribution in [0.2, 0.25) is 0 Å². The summed E-state index contributed by atoms with van der Waals surface area (Å²) < 4.78 is 2.66. The summed E-state index contributed by atoms with van der Waals surface area (Å²) >= 11 is 3.50. The van der Waals surface area contributed by atoms with Crippen molar-refractivity contribution in [2.24, 2.45) is 13.0 Å². The molecule has 0 spiro atoms. The number of nitrogens with one attached hydrogen (secondary N) is 1. The van der Waals surface area contributed by atoms with Crippen LogP contribution in [-0.2, 0) is 23.2 Å². The summed E-state index contributed by atoms with van der Waals surface area (Å²) in [6.07, 6.45) is 2.05. The van der Waals surface area contributed by atoms with Crippen molar-refractivity contribution in [1.29, 1.82) is 0 Å². The first kappa shape index (κ1) is 13.6. The Morgan fingerprint density at radius 3 is 2.65 bits per heavy atom. The zero-order chi connectivity index (χ0) is 14.4. The molecule has 1 aliphatic heterocycles. The van der Waals surface area contributed by atoms with Crippen molar-refractivity contribution in [2.75, 3.05) is 6.54 Å². The number of hydrogen-bond donors (Lipinski definition) is 1. The highest BCUT2D eigenvalue weighted by atomic mass is 79.9. The molecule has 1 saturated carbocycles. The van der Waals surface area contributed by atoms with Gasteiger partial charge in [-0.25, -0.2) is 0 Å². The monoisotopic (exact) mass is 340 g/mol. The molecule has 7 heteroatoms. The van der Waals surface area contributed by atoms with Gasteiger partial charge in [0.15, 0.2) is 0 Å². The van der Waals surface area contributed by atoms with E-state index in [1.165, 1.54) is 0 Å². The van der Waals surface area contributed by atoms with Gasteiger partial charge in [-0.1, -0.05) is 0 Å². The second-order valence-corrected chi connectivity index (χ2v) is 6.34. The van der Waals surface area contributed by atoms with Crippen LogP contribution in [0.3, 0.4) is 0 Å². The van der Waals surface area contributed by atoms with Gasteiger partial charge in [0.1, 0.15) is 12.6 Å². The quantitative estimate of drug-likeness (QED) is 0.881. The van der Waals surface area contributed by atoms with Gasteiger partial charge in [0.25, 0.3) is 0 Å². The van der Waals surface area contributed by atoms with Gasteiger partial charge in [-0.3, -0.25) is 14.3 Å². The summed E-state index contributed by atoms with van der Waals surface area (Å²) in [6.45, 7) is 2.44. The number of hydrogen-bond acceptors (Lipinski definition) is 3. The van der Waals surface area contributed by atoms with E-state index in [0.29, 0.717) is 12.5 Å². The van der Waals surface area contributed by atoms with Crippen LogP contribution >= 0.6 is 15.9 Å². The normalized spacial score (nSPS) is 23.1. The average Bonchev–Trinajstić information content (AvgIpc) is 3.18. The lowest BCUT2D eigenvalue weighted by atomic mass is 10.1. The molecule has 1 N–H and O–H groups in total. The summed E-state index contributed by atoms with van der Waals surface area (Å²) in [4.78, 5) is 25.9. The summed E-state index contributed by atoms with van der Waals surface area (Å²) in [5.41, 5.74) is 1.80. The van der Waals surface area contributed by atoms with Gasteiger partial charge in [0, 0.05) is 7.05 Å². The van der Waals surface area contributed by atoms with Gasteiger partial charge >= 0.3 is 0 Å². The minimum atomic E-state index is -0.329. The molecule has 1 aromatic rings. The molecule has 2 aliphatic rings. The molecule has 108 valence electrons. The van der Waals surface area contributed by atoms with Crippen LogP contribution in [-0.4, -0.2) is 39.1 Å². The van der Waals surface area contributed by atoms with E-state index >= 15 is 0 Å². The maximum Gasteiger partial charge on any atom is 0.246 e. The molecule has 1 unspecified atom stereocenters. The molecule has 0 bridgehead atoms. The van der Waals surface area contributed by atoms with Crippen molar-refractivity contribution in [3.63, 3.8) is 0 Å². The molecule has 1 atom stereocenters.